The van der Waals surface area contributed by atoms with Crippen LogP contribution >= 0.6 is 0 Å². The van der Waals surface area contributed by atoms with E-state index in [-0.39, 0.29) is 11.6 Å². The molecule has 0 saturated carbocycles. The molecular weight excluding hydrogens is 210 g/mol. The second-order valence-corrected chi connectivity index (χ2v) is 3.27. The molecule has 0 atom stereocenters. The van der Waals surface area contributed by atoms with E-state index in [1.165, 1.54) is 30.1 Å². The molecule has 16 heavy (non-hydrogen) atoms. The SMILES string of the molecule is CC(=O)n1cnc(/C=C2/N=C(C)OC2=O)c1. The third-order valence-electron chi connectivity index (χ3n) is 1.98. The molecule has 2 heterocycles. The van der Waals surface area contributed by atoms with Crippen molar-refractivity contribution < 1.29 is 14.3 Å². The Hall–Kier alpha value is -2.24. The minimum atomic E-state index is -0.505. The number of imidazole rings is 1. The maximum absolute atomic E-state index is 11.2. The lowest BCUT2D eigenvalue weighted by Gasteiger charge is -1.89. The summed E-state index contributed by atoms with van der Waals surface area (Å²) in [5.41, 5.74) is 0.673. The van der Waals surface area contributed by atoms with Gasteiger partial charge in [0.2, 0.25) is 5.91 Å². The van der Waals surface area contributed by atoms with E-state index >= 15 is 0 Å². The molecular formula is C10H9N3O3. The standard InChI is InChI=1S/C10H9N3O3/c1-6-12-9(10(15)16-6)3-8-4-13(5-11-8)7(2)14/h3-5H,1-2H3/b9-3+. The van der Waals surface area contributed by atoms with Gasteiger partial charge in [-0.15, -0.1) is 0 Å². The van der Waals surface area contributed by atoms with Crippen molar-refractivity contribution in [1.29, 1.82) is 0 Å². The maximum Gasteiger partial charge on any atom is 0.363 e. The largest absolute Gasteiger partial charge is 0.407 e. The van der Waals surface area contributed by atoms with Gasteiger partial charge in [0.25, 0.3) is 0 Å². The smallest absolute Gasteiger partial charge is 0.363 e. The number of hydrogen-bond donors (Lipinski definition) is 0. The number of cyclic esters (lactones) is 1. The number of aliphatic imine (C=N–C) groups is 1. The van der Waals surface area contributed by atoms with Crippen molar-refractivity contribution in [3.05, 3.63) is 23.9 Å². The predicted molar refractivity (Wildman–Crippen MR) is 55.7 cm³/mol. The van der Waals surface area contributed by atoms with Gasteiger partial charge >= 0.3 is 5.97 Å². The zero-order chi connectivity index (χ0) is 11.7. The van der Waals surface area contributed by atoms with Gasteiger partial charge in [0.15, 0.2) is 11.6 Å². The van der Waals surface area contributed by atoms with E-state index in [2.05, 4.69) is 9.98 Å². The summed E-state index contributed by atoms with van der Waals surface area (Å²) in [5.74, 6) is -0.344. The fourth-order valence-electron chi connectivity index (χ4n) is 1.24. The number of nitrogens with zero attached hydrogens (tertiary/aromatic N) is 3. The number of carbonyl (C=O) groups excluding carboxylic acids is 2. The summed E-state index contributed by atoms with van der Waals surface area (Å²) >= 11 is 0. The third kappa shape index (κ3) is 1.90. The molecule has 0 aromatic carbocycles. The van der Waals surface area contributed by atoms with Crippen LogP contribution in [0.4, 0.5) is 0 Å². The highest BCUT2D eigenvalue weighted by atomic mass is 16.6. The number of ether oxygens (including phenoxy) is 1. The highest BCUT2D eigenvalue weighted by Gasteiger charge is 2.19. The Morgan fingerprint density at radius 1 is 1.56 bits per heavy atom. The number of rotatable bonds is 1. The van der Waals surface area contributed by atoms with Crippen LogP contribution < -0.4 is 0 Å². The Bertz CT molecular complexity index is 525. The van der Waals surface area contributed by atoms with E-state index in [4.69, 9.17) is 4.74 Å². The van der Waals surface area contributed by atoms with Crippen LogP contribution in [0.1, 0.15) is 24.3 Å². The quantitative estimate of drug-likeness (QED) is 0.518. The number of esters is 1. The fourth-order valence-corrected chi connectivity index (χ4v) is 1.24. The maximum atomic E-state index is 11.2. The molecule has 0 bridgehead atoms. The van der Waals surface area contributed by atoms with Crippen LogP contribution in [0.5, 0.6) is 0 Å². The first-order valence-corrected chi connectivity index (χ1v) is 4.60. The zero-order valence-corrected chi connectivity index (χ0v) is 8.80. The van der Waals surface area contributed by atoms with Gasteiger partial charge in [0.05, 0.1) is 5.69 Å². The summed E-state index contributed by atoms with van der Waals surface area (Å²) in [5, 5.41) is 0. The molecule has 0 saturated heterocycles. The fraction of sp³-hybridized carbons (Fsp3) is 0.200. The summed E-state index contributed by atoms with van der Waals surface area (Å²) < 4.78 is 6.06. The molecule has 0 radical (unpaired) electrons. The molecule has 1 aliphatic rings. The van der Waals surface area contributed by atoms with Crippen molar-refractivity contribution in [3.8, 4) is 0 Å². The summed E-state index contributed by atoms with van der Waals surface area (Å²) in [6, 6.07) is 0. The van der Waals surface area contributed by atoms with Gasteiger partial charge in [0, 0.05) is 20.0 Å². The lowest BCUT2D eigenvalue weighted by atomic mass is 10.3. The summed E-state index contributed by atoms with van der Waals surface area (Å²) in [6.45, 7) is 3.01. The lowest BCUT2D eigenvalue weighted by molar-refractivity contribution is -0.130. The van der Waals surface area contributed by atoms with Crippen LogP contribution in [0.25, 0.3) is 6.08 Å². The number of carbonyl (C=O) groups is 2. The van der Waals surface area contributed by atoms with Crippen molar-refractivity contribution in [2.24, 2.45) is 4.99 Å². The van der Waals surface area contributed by atoms with Gasteiger partial charge in [-0.25, -0.2) is 14.8 Å². The number of hydrogen-bond acceptors (Lipinski definition) is 5. The van der Waals surface area contributed by atoms with E-state index in [1.807, 2.05) is 0 Å². The molecule has 6 heteroatoms. The normalized spacial score (nSPS) is 17.5. The molecule has 82 valence electrons. The van der Waals surface area contributed by atoms with E-state index in [9.17, 15) is 9.59 Å². The topological polar surface area (TPSA) is 73.6 Å². The molecule has 0 unspecified atom stereocenters. The van der Waals surface area contributed by atoms with Crippen LogP contribution in [0.3, 0.4) is 0 Å². The van der Waals surface area contributed by atoms with Crippen LogP contribution in [0.15, 0.2) is 23.2 Å². The van der Waals surface area contributed by atoms with E-state index in [0.29, 0.717) is 11.6 Å². The highest BCUT2D eigenvalue weighted by molar-refractivity contribution is 6.06. The highest BCUT2D eigenvalue weighted by Crippen LogP contribution is 2.13. The van der Waals surface area contributed by atoms with Crippen LogP contribution in [0.2, 0.25) is 0 Å². The first-order valence-electron chi connectivity index (χ1n) is 4.60. The molecule has 0 amide bonds. The summed E-state index contributed by atoms with van der Waals surface area (Å²) in [4.78, 5) is 30.1. The average molecular weight is 219 g/mol. The van der Waals surface area contributed by atoms with Gasteiger partial charge in [-0.05, 0) is 6.08 Å². The molecule has 6 nitrogen and oxygen atoms in total. The minimum absolute atomic E-state index is 0.147. The average Bonchev–Trinajstić information content (AvgIpc) is 2.75. The van der Waals surface area contributed by atoms with Crippen molar-refractivity contribution in [1.82, 2.24) is 9.55 Å². The Balaban J connectivity index is 2.29. The zero-order valence-electron chi connectivity index (χ0n) is 8.80. The second kappa shape index (κ2) is 3.73. The van der Waals surface area contributed by atoms with Crippen LogP contribution in [-0.4, -0.2) is 27.3 Å². The Morgan fingerprint density at radius 3 is 2.81 bits per heavy atom. The molecule has 1 aromatic heterocycles. The molecule has 1 aliphatic heterocycles. The van der Waals surface area contributed by atoms with Gasteiger partial charge in [-0.1, -0.05) is 0 Å². The van der Waals surface area contributed by atoms with Gasteiger partial charge in [-0.3, -0.25) is 9.36 Å². The molecule has 2 rings (SSSR count). The van der Waals surface area contributed by atoms with Gasteiger partial charge < -0.3 is 4.74 Å². The molecule has 1 aromatic rings. The molecule has 0 spiro atoms. The van der Waals surface area contributed by atoms with E-state index in [0.717, 1.165) is 0 Å². The molecule has 0 N–H and O–H groups in total. The Morgan fingerprint density at radius 2 is 2.31 bits per heavy atom. The second-order valence-electron chi connectivity index (χ2n) is 3.27. The monoisotopic (exact) mass is 219 g/mol. The lowest BCUT2D eigenvalue weighted by Crippen LogP contribution is -2.01. The Kier molecular flexibility index (Phi) is 2.40. The predicted octanol–water partition coefficient (Wildman–Crippen LogP) is 0.859. The van der Waals surface area contributed by atoms with Crippen molar-refractivity contribution in [2.45, 2.75) is 13.8 Å². The van der Waals surface area contributed by atoms with E-state index < -0.39 is 5.97 Å². The molecule has 0 fully saturated rings. The third-order valence-corrected chi connectivity index (χ3v) is 1.98. The molecule has 0 aliphatic carbocycles. The Labute approximate surface area is 91.3 Å². The summed E-state index contributed by atoms with van der Waals surface area (Å²) in [6.07, 6.45) is 4.37. The van der Waals surface area contributed by atoms with Crippen molar-refractivity contribution in [3.63, 3.8) is 0 Å². The van der Waals surface area contributed by atoms with E-state index in [1.54, 1.807) is 6.92 Å². The van der Waals surface area contributed by atoms with Crippen LogP contribution in [-0.2, 0) is 9.53 Å². The minimum Gasteiger partial charge on any atom is -0.407 e. The van der Waals surface area contributed by atoms with Gasteiger partial charge in [0.1, 0.15) is 6.33 Å². The van der Waals surface area contributed by atoms with Crippen LogP contribution in [0, 0.1) is 0 Å². The van der Waals surface area contributed by atoms with Gasteiger partial charge in [-0.2, -0.15) is 0 Å². The first-order chi connectivity index (χ1) is 7.56. The van der Waals surface area contributed by atoms with Crippen molar-refractivity contribution in [2.75, 3.05) is 0 Å². The van der Waals surface area contributed by atoms with Crippen molar-refractivity contribution >= 4 is 23.9 Å². The summed E-state index contributed by atoms with van der Waals surface area (Å²) in [7, 11) is 0. The first kappa shape index (κ1) is 10.3. The number of aromatic nitrogens is 2.